The minimum atomic E-state index is -1.66. The van der Waals surface area contributed by atoms with E-state index in [0.717, 1.165) is 11.3 Å². The van der Waals surface area contributed by atoms with Crippen molar-refractivity contribution < 1.29 is 32.4 Å². The van der Waals surface area contributed by atoms with E-state index < -0.39 is 40.2 Å². The fourth-order valence-corrected chi connectivity index (χ4v) is 8.11. The van der Waals surface area contributed by atoms with Gasteiger partial charge in [0.2, 0.25) is 0 Å². The molecular weight excluding hydrogens is 654 g/mol. The summed E-state index contributed by atoms with van der Waals surface area (Å²) in [6.45, 7) is 11.8. The van der Waals surface area contributed by atoms with E-state index in [1.165, 1.54) is 12.1 Å². The maximum atomic E-state index is 14.9. The van der Waals surface area contributed by atoms with Gasteiger partial charge in [0.05, 0.1) is 44.4 Å². The highest BCUT2D eigenvalue weighted by Crippen LogP contribution is 2.45. The van der Waals surface area contributed by atoms with Gasteiger partial charge in [0, 0.05) is 36.3 Å². The van der Waals surface area contributed by atoms with E-state index in [0.29, 0.717) is 34.7 Å². The lowest BCUT2D eigenvalue weighted by Gasteiger charge is -2.41. The number of fused-ring (bicyclic) bond motifs is 3. The summed E-state index contributed by atoms with van der Waals surface area (Å²) < 4.78 is 47.7. The Kier molecular flexibility index (Phi) is 9.20. The van der Waals surface area contributed by atoms with Crippen molar-refractivity contribution in [2.24, 2.45) is 0 Å². The Morgan fingerprint density at radius 1 is 1.14 bits per heavy atom. The number of rotatable bonds is 2. The summed E-state index contributed by atoms with van der Waals surface area (Å²) in [5.74, 6) is -0.530. The topological polar surface area (TPSA) is 110 Å². The second kappa shape index (κ2) is 12.3. The zero-order valence-electron chi connectivity index (χ0n) is 25.1. The molecule has 15 heteroatoms. The summed E-state index contributed by atoms with van der Waals surface area (Å²) in [6, 6.07) is 4.03. The minimum absolute atomic E-state index is 0.0354. The van der Waals surface area contributed by atoms with Gasteiger partial charge in [-0.1, -0.05) is 34.5 Å². The molecule has 10 nitrogen and oxygen atoms in total. The smallest absolute Gasteiger partial charge is 0.413 e. The molecule has 1 N–H and O–H groups in total. The molecule has 0 bridgehead atoms. The predicted molar refractivity (Wildman–Crippen MR) is 169 cm³/mol. The lowest BCUT2D eigenvalue weighted by atomic mass is 10.0. The minimum Gasteiger partial charge on any atom is -0.444 e. The maximum absolute atomic E-state index is 14.9. The Morgan fingerprint density at radius 3 is 2.52 bits per heavy atom. The molecular formula is C29H33Cl2FN4O6S2. The Hall–Kier alpha value is -2.55. The highest BCUT2D eigenvalue weighted by molar-refractivity contribution is 7.82. The zero-order valence-corrected chi connectivity index (χ0v) is 28.2. The lowest BCUT2D eigenvalue weighted by Crippen LogP contribution is -2.57. The molecule has 238 valence electrons. The highest BCUT2D eigenvalue weighted by Gasteiger charge is 2.38. The van der Waals surface area contributed by atoms with Crippen molar-refractivity contribution >= 4 is 73.1 Å². The summed E-state index contributed by atoms with van der Waals surface area (Å²) in [4.78, 5) is 31.5. The number of nitrogens with zero attached hydrogens (tertiary/aromatic N) is 3. The number of piperazine rings is 1. The number of halogens is 3. The van der Waals surface area contributed by atoms with Gasteiger partial charge in [-0.2, -0.15) is 0 Å². The zero-order chi connectivity index (χ0) is 32.1. The predicted octanol–water partition coefficient (Wildman–Crippen LogP) is 7.23. The number of thiazole rings is 1. The molecule has 0 spiro atoms. The number of hydrogen-bond acceptors (Lipinski definition) is 8. The first-order chi connectivity index (χ1) is 20.5. The van der Waals surface area contributed by atoms with Crippen LogP contribution in [0.25, 0.3) is 21.3 Å². The molecule has 1 unspecified atom stereocenters. The lowest BCUT2D eigenvalue weighted by molar-refractivity contribution is 0.0000485. The van der Waals surface area contributed by atoms with Gasteiger partial charge in [0.15, 0.2) is 5.13 Å². The van der Waals surface area contributed by atoms with Gasteiger partial charge in [-0.3, -0.25) is 5.32 Å². The van der Waals surface area contributed by atoms with Crippen LogP contribution in [-0.2, 0) is 31.8 Å². The number of ether oxygens (including phenoxy) is 3. The average molecular weight is 688 g/mol. The first-order valence-corrected chi connectivity index (χ1v) is 16.5. The van der Waals surface area contributed by atoms with Crippen LogP contribution < -0.4 is 5.32 Å². The third kappa shape index (κ3) is 6.97. The molecule has 2 atom stereocenters. The van der Waals surface area contributed by atoms with E-state index in [1.807, 2.05) is 0 Å². The van der Waals surface area contributed by atoms with E-state index in [-0.39, 0.29) is 51.2 Å². The Morgan fingerprint density at radius 2 is 1.84 bits per heavy atom. The molecule has 1 aromatic heterocycles. The number of carbonyl (C=O) groups excluding carboxylic acids is 2. The number of anilines is 1. The molecule has 0 saturated carbocycles. The van der Waals surface area contributed by atoms with Crippen LogP contribution in [0.2, 0.25) is 10.0 Å². The van der Waals surface area contributed by atoms with Gasteiger partial charge in [-0.05, 0) is 59.7 Å². The van der Waals surface area contributed by atoms with Crippen LogP contribution in [0.15, 0.2) is 23.1 Å². The molecule has 2 aliphatic heterocycles. The van der Waals surface area contributed by atoms with Crippen LogP contribution >= 0.6 is 34.5 Å². The molecule has 2 aliphatic rings. The fourth-order valence-electron chi connectivity index (χ4n) is 4.91. The quantitative estimate of drug-likeness (QED) is 0.303. The number of carbonyl (C=O) groups is 2. The number of benzene rings is 2. The van der Waals surface area contributed by atoms with Crippen molar-refractivity contribution in [3.8, 4) is 11.1 Å². The van der Waals surface area contributed by atoms with Crippen LogP contribution in [0.3, 0.4) is 0 Å². The molecule has 1 fully saturated rings. The molecule has 2 aromatic carbocycles. The number of amides is 2. The van der Waals surface area contributed by atoms with Gasteiger partial charge in [-0.15, -0.1) is 0 Å². The van der Waals surface area contributed by atoms with Crippen molar-refractivity contribution in [1.82, 2.24) is 14.2 Å². The van der Waals surface area contributed by atoms with Gasteiger partial charge in [0.25, 0.3) is 0 Å². The summed E-state index contributed by atoms with van der Waals surface area (Å²) in [7, 11) is -1.66. The van der Waals surface area contributed by atoms with Crippen molar-refractivity contribution in [1.29, 1.82) is 0 Å². The molecule has 0 aliphatic carbocycles. The fraction of sp³-hybridized carbons (Fsp3) is 0.483. The number of nitrogens with one attached hydrogen (secondary N) is 1. The molecule has 0 radical (unpaired) electrons. The second-order valence-electron chi connectivity index (χ2n) is 12.4. The van der Waals surface area contributed by atoms with E-state index in [2.05, 4.69) is 10.3 Å². The van der Waals surface area contributed by atoms with Crippen LogP contribution in [0.5, 0.6) is 0 Å². The van der Waals surface area contributed by atoms with Crippen molar-refractivity contribution in [2.75, 3.05) is 31.6 Å². The normalized spacial score (nSPS) is 19.5. The van der Waals surface area contributed by atoms with Crippen LogP contribution in [-0.4, -0.2) is 74.1 Å². The van der Waals surface area contributed by atoms with Gasteiger partial charge in [0.1, 0.15) is 28.0 Å². The summed E-state index contributed by atoms with van der Waals surface area (Å²) >= 11 is 14.7. The van der Waals surface area contributed by atoms with Crippen molar-refractivity contribution in [3.63, 3.8) is 0 Å². The van der Waals surface area contributed by atoms with Gasteiger partial charge < -0.3 is 19.1 Å². The van der Waals surface area contributed by atoms with E-state index >= 15 is 0 Å². The van der Waals surface area contributed by atoms with Gasteiger partial charge in [-0.25, -0.2) is 27.5 Å². The third-order valence-electron chi connectivity index (χ3n) is 6.69. The van der Waals surface area contributed by atoms with Crippen LogP contribution in [0.1, 0.15) is 47.1 Å². The van der Waals surface area contributed by atoms with Gasteiger partial charge >= 0.3 is 12.2 Å². The van der Waals surface area contributed by atoms with Crippen LogP contribution in [0, 0.1) is 5.82 Å². The Labute approximate surface area is 271 Å². The number of aromatic nitrogens is 1. The largest absolute Gasteiger partial charge is 0.444 e. The summed E-state index contributed by atoms with van der Waals surface area (Å²) in [5, 5.41) is 3.09. The standard InChI is InChI=1S/C29H33Cl2FN4O6S2/c1-28(2,3)41-26(37)34-25-33-23-16(7-8-19(32)24(23)43-25)21-18(30)11-20-17(22(21)31)14-40-13-15-12-35(9-10-36(15)44(20)39)27(38)42-29(4,5)6/h7-8,11,15H,9-10,12-14H2,1-6H3,(H,33,34,37)/t15-,44?/m0/s1. The molecule has 5 rings (SSSR count). The van der Waals surface area contributed by atoms with Crippen molar-refractivity contribution in [3.05, 3.63) is 39.6 Å². The SMILES string of the molecule is CC(C)(C)OC(=O)Nc1nc2c(-c3c(Cl)cc4c(c3Cl)COC[C@@H]3CN(C(=O)OC(C)(C)C)CCN3S4=O)ccc(F)c2s1. The molecule has 3 heterocycles. The van der Waals surface area contributed by atoms with Crippen molar-refractivity contribution in [2.45, 2.75) is 70.3 Å². The summed E-state index contributed by atoms with van der Waals surface area (Å²) in [6.07, 6.45) is -1.15. The van der Waals surface area contributed by atoms with Crippen LogP contribution in [0.4, 0.5) is 19.1 Å². The maximum Gasteiger partial charge on any atom is 0.413 e. The molecule has 1 saturated heterocycles. The van der Waals surface area contributed by atoms with E-state index in [4.69, 9.17) is 37.4 Å². The number of hydrogen-bond donors (Lipinski definition) is 1. The molecule has 44 heavy (non-hydrogen) atoms. The monoisotopic (exact) mass is 686 g/mol. The average Bonchev–Trinajstić information content (AvgIpc) is 3.32. The third-order valence-corrected chi connectivity index (χ3v) is 10.0. The molecule has 3 aromatic rings. The highest BCUT2D eigenvalue weighted by atomic mass is 35.5. The first kappa shape index (κ1) is 32.8. The summed E-state index contributed by atoms with van der Waals surface area (Å²) in [5.41, 5.74) is 0.173. The van der Waals surface area contributed by atoms with E-state index in [1.54, 1.807) is 56.8 Å². The molecule has 2 amide bonds. The first-order valence-electron chi connectivity index (χ1n) is 13.9. The second-order valence-corrected chi connectivity index (χ2v) is 15.6. The van der Waals surface area contributed by atoms with E-state index in [9.17, 15) is 18.2 Å². The Bertz CT molecular complexity index is 1660. The Balaban J connectivity index is 1.47.